The van der Waals surface area contributed by atoms with Gasteiger partial charge in [0, 0.05) is 32.1 Å². The van der Waals surface area contributed by atoms with Gasteiger partial charge < -0.3 is 43.2 Å². The number of unbranched alkanes of at least 4 members (excludes halogenated alkanes) is 3. The number of aliphatic carboxylic acids is 1. The summed E-state index contributed by atoms with van der Waals surface area (Å²) < 4.78 is 39.2. The Bertz CT molecular complexity index is 628. The van der Waals surface area contributed by atoms with Crippen LogP contribution >= 0.6 is 0 Å². The molecule has 12 nitrogen and oxygen atoms in total. The Morgan fingerprint density at radius 3 is 1.39 bits per heavy atom. The van der Waals surface area contributed by atoms with Crippen molar-refractivity contribution >= 4 is 11.9 Å². The number of hydrogen-bond acceptors (Lipinski definition) is 10. The van der Waals surface area contributed by atoms with Crippen LogP contribution in [0.25, 0.3) is 0 Å². The van der Waals surface area contributed by atoms with Crippen LogP contribution in [0.4, 0.5) is 0 Å². The Hall–Kier alpha value is -1.38. The van der Waals surface area contributed by atoms with Crippen molar-refractivity contribution in [3.05, 3.63) is 0 Å². The highest BCUT2D eigenvalue weighted by Gasteiger charge is 2.20. The molecule has 1 aliphatic heterocycles. The molecule has 1 fully saturated rings. The van der Waals surface area contributed by atoms with Crippen LogP contribution in [0.2, 0.25) is 0 Å². The van der Waals surface area contributed by atoms with E-state index in [2.05, 4.69) is 6.92 Å². The Morgan fingerprint density at radius 1 is 0.610 bits per heavy atom. The van der Waals surface area contributed by atoms with Crippen LogP contribution in [0, 0.1) is 5.92 Å². The fourth-order valence-electron chi connectivity index (χ4n) is 4.15. The number of carboxylic acid groups (broad SMARTS) is 1. The van der Waals surface area contributed by atoms with Gasteiger partial charge in [0.25, 0.3) is 0 Å². The quantitative estimate of drug-likeness (QED) is 0.416. The van der Waals surface area contributed by atoms with E-state index in [1.165, 1.54) is 12.8 Å². The molecule has 0 radical (unpaired) electrons. The van der Waals surface area contributed by atoms with Crippen molar-refractivity contribution in [1.82, 2.24) is 9.80 Å². The van der Waals surface area contributed by atoms with E-state index in [1.54, 1.807) is 4.90 Å². The average molecular weight is 593 g/mol. The van der Waals surface area contributed by atoms with Crippen molar-refractivity contribution in [2.24, 2.45) is 5.92 Å². The molecule has 1 N–H and O–H groups in total. The highest BCUT2D eigenvalue weighted by atomic mass is 16.6. The number of rotatable bonds is 8. The molecule has 12 heteroatoms. The van der Waals surface area contributed by atoms with Gasteiger partial charge >= 0.3 is 5.97 Å². The molecule has 242 valence electrons. The summed E-state index contributed by atoms with van der Waals surface area (Å²) in [5, 5.41) is 9.14. The third-order valence-electron chi connectivity index (χ3n) is 6.56. The predicted octanol–water partition coefficient (Wildman–Crippen LogP) is 1.94. The van der Waals surface area contributed by atoms with Crippen LogP contribution in [0.1, 0.15) is 46.0 Å². The maximum atomic E-state index is 13.1. The first kappa shape index (κ1) is 37.6. The van der Waals surface area contributed by atoms with Gasteiger partial charge in [0.05, 0.1) is 99.0 Å². The second kappa shape index (κ2) is 27.5. The number of amides is 1. The topological polar surface area (TPSA) is 125 Å². The van der Waals surface area contributed by atoms with E-state index in [0.717, 1.165) is 19.3 Å². The zero-order valence-electron chi connectivity index (χ0n) is 25.6. The zero-order valence-corrected chi connectivity index (χ0v) is 25.6. The van der Waals surface area contributed by atoms with E-state index in [4.69, 9.17) is 38.3 Å². The van der Waals surface area contributed by atoms with Crippen molar-refractivity contribution in [1.29, 1.82) is 0 Å². The third-order valence-corrected chi connectivity index (χ3v) is 6.56. The largest absolute Gasteiger partial charge is 0.480 e. The summed E-state index contributed by atoms with van der Waals surface area (Å²) in [6.45, 7) is 12.2. The summed E-state index contributed by atoms with van der Waals surface area (Å²) in [7, 11) is 0. The molecule has 0 saturated carbocycles. The molecule has 1 unspecified atom stereocenters. The van der Waals surface area contributed by atoms with Crippen LogP contribution in [-0.2, 0) is 42.7 Å². The van der Waals surface area contributed by atoms with Gasteiger partial charge in [0.2, 0.25) is 5.91 Å². The molecule has 41 heavy (non-hydrogen) atoms. The van der Waals surface area contributed by atoms with Gasteiger partial charge in [-0.15, -0.1) is 0 Å². The van der Waals surface area contributed by atoms with Gasteiger partial charge in [-0.05, 0) is 6.42 Å². The fraction of sp³-hybridized carbons (Fsp3) is 0.931. The average Bonchev–Trinajstić information content (AvgIpc) is 2.95. The summed E-state index contributed by atoms with van der Waals surface area (Å²) in [5.74, 6) is -0.767. The Kier molecular flexibility index (Phi) is 25.2. The number of ether oxygens (including phenoxy) is 7. The van der Waals surface area contributed by atoms with E-state index in [-0.39, 0.29) is 18.4 Å². The van der Waals surface area contributed by atoms with Crippen molar-refractivity contribution < 1.29 is 47.9 Å². The first-order chi connectivity index (χ1) is 20.0. The molecule has 0 aromatic heterocycles. The second-order valence-electron chi connectivity index (χ2n) is 10.0. The van der Waals surface area contributed by atoms with Gasteiger partial charge in [-0.3, -0.25) is 14.5 Å². The third kappa shape index (κ3) is 22.8. The fourth-order valence-corrected chi connectivity index (χ4v) is 4.15. The highest BCUT2D eigenvalue weighted by Crippen LogP contribution is 2.13. The van der Waals surface area contributed by atoms with Gasteiger partial charge in [-0.25, -0.2) is 0 Å². The summed E-state index contributed by atoms with van der Waals surface area (Å²) in [6.07, 6.45) is 5.50. The number of nitrogens with zero attached hydrogens (tertiary/aromatic N) is 2. The Balaban J connectivity index is 2.47. The number of carboxylic acids is 1. The monoisotopic (exact) mass is 592 g/mol. The SMILES string of the molecule is CCCCCCC(C)C(=O)N1CCOCCOCCOCCOCCN(CC(=O)O)CCOCCOCCOCC1. The van der Waals surface area contributed by atoms with Crippen LogP contribution in [0.15, 0.2) is 0 Å². The van der Waals surface area contributed by atoms with E-state index in [9.17, 15) is 9.59 Å². The molecule has 0 spiro atoms. The molecule has 1 atom stereocenters. The van der Waals surface area contributed by atoms with Gasteiger partial charge in [-0.2, -0.15) is 0 Å². The van der Waals surface area contributed by atoms with E-state index >= 15 is 0 Å². The lowest BCUT2D eigenvalue weighted by Gasteiger charge is -2.26. The summed E-state index contributed by atoms with van der Waals surface area (Å²) in [5.41, 5.74) is 0. The zero-order chi connectivity index (χ0) is 29.8. The molecule has 1 amide bonds. The molecule has 0 aromatic carbocycles. The molecule has 1 rings (SSSR count). The number of hydrogen-bond donors (Lipinski definition) is 1. The first-order valence-corrected chi connectivity index (χ1v) is 15.3. The summed E-state index contributed by atoms with van der Waals surface area (Å²) >= 11 is 0. The number of carbonyl (C=O) groups excluding carboxylic acids is 1. The first-order valence-electron chi connectivity index (χ1n) is 15.3. The van der Waals surface area contributed by atoms with Crippen LogP contribution in [-0.4, -0.2) is 152 Å². The lowest BCUT2D eigenvalue weighted by atomic mass is 10.0. The normalized spacial score (nSPS) is 21.1. The maximum Gasteiger partial charge on any atom is 0.317 e. The van der Waals surface area contributed by atoms with Gasteiger partial charge in [-0.1, -0.05) is 39.5 Å². The Morgan fingerprint density at radius 2 is 1.00 bits per heavy atom. The van der Waals surface area contributed by atoms with Gasteiger partial charge in [0.1, 0.15) is 0 Å². The van der Waals surface area contributed by atoms with E-state index in [0.29, 0.717) is 119 Å². The van der Waals surface area contributed by atoms with Crippen molar-refractivity contribution in [2.45, 2.75) is 46.0 Å². The second-order valence-corrected chi connectivity index (χ2v) is 10.0. The highest BCUT2D eigenvalue weighted by molar-refractivity contribution is 5.78. The van der Waals surface area contributed by atoms with Crippen LogP contribution in [0.5, 0.6) is 0 Å². The minimum absolute atomic E-state index is 0.0234. The standard InChI is InChI=1S/C29H56N2O10/c1-3-4-5-6-7-27(2)29(34)31-10-14-37-18-22-39-20-16-35-12-8-30(26-28(32)33)9-13-36-17-21-40-24-25-41-23-19-38-15-11-31/h27H,3-26H2,1-2H3,(H,32,33). The minimum Gasteiger partial charge on any atom is -0.480 e. The summed E-state index contributed by atoms with van der Waals surface area (Å²) in [4.78, 5) is 27.9. The maximum absolute atomic E-state index is 13.1. The van der Waals surface area contributed by atoms with Crippen molar-refractivity contribution in [3.63, 3.8) is 0 Å². The van der Waals surface area contributed by atoms with E-state index < -0.39 is 5.97 Å². The van der Waals surface area contributed by atoms with E-state index in [1.807, 2.05) is 11.8 Å². The lowest BCUT2D eigenvalue weighted by Crippen LogP contribution is -2.40. The van der Waals surface area contributed by atoms with Crippen molar-refractivity contribution in [2.75, 3.05) is 125 Å². The minimum atomic E-state index is -0.887. The molecule has 0 aliphatic carbocycles. The summed E-state index contributed by atoms with van der Waals surface area (Å²) in [6, 6.07) is 0. The van der Waals surface area contributed by atoms with Crippen LogP contribution < -0.4 is 0 Å². The molecule has 1 saturated heterocycles. The Labute approximate surface area is 246 Å². The number of carbonyl (C=O) groups is 2. The predicted molar refractivity (Wildman–Crippen MR) is 154 cm³/mol. The molecule has 0 aromatic rings. The lowest BCUT2D eigenvalue weighted by molar-refractivity contribution is -0.139. The molecular formula is C29H56N2O10. The molecule has 1 aliphatic rings. The molecule has 0 bridgehead atoms. The molecule has 1 heterocycles. The van der Waals surface area contributed by atoms with Gasteiger partial charge in [0.15, 0.2) is 0 Å². The smallest absolute Gasteiger partial charge is 0.317 e. The molecular weight excluding hydrogens is 536 g/mol. The van der Waals surface area contributed by atoms with Crippen LogP contribution in [0.3, 0.4) is 0 Å². The van der Waals surface area contributed by atoms with Crippen molar-refractivity contribution in [3.8, 4) is 0 Å².